The average Bonchev–Trinajstić information content (AvgIpc) is 2.71. The number of rotatable bonds is 7. The van der Waals surface area contributed by atoms with Gasteiger partial charge in [0.05, 0.1) is 24.4 Å². The number of ether oxygens (including phenoxy) is 5. The minimum atomic E-state index is -1.03. The van der Waals surface area contributed by atoms with Crippen LogP contribution in [0.3, 0.4) is 0 Å². The van der Waals surface area contributed by atoms with Crippen molar-refractivity contribution in [3.63, 3.8) is 0 Å². The Morgan fingerprint density at radius 1 is 1.07 bits per heavy atom. The van der Waals surface area contributed by atoms with Crippen LogP contribution in [0.25, 0.3) is 0 Å². The van der Waals surface area contributed by atoms with Crippen molar-refractivity contribution < 1.29 is 28.5 Å². The lowest BCUT2D eigenvalue weighted by Gasteiger charge is -2.54. The van der Waals surface area contributed by atoms with E-state index < -0.39 is 11.6 Å². The Balaban J connectivity index is 1.60. The van der Waals surface area contributed by atoms with Gasteiger partial charge in [-0.3, -0.25) is 0 Å². The molecule has 0 radical (unpaired) electrons. The molecule has 1 aliphatic carbocycles. The molecule has 0 amide bonds. The topological polar surface area (TPSA) is 63.2 Å². The molecule has 6 nitrogen and oxygen atoms in total. The van der Waals surface area contributed by atoms with Gasteiger partial charge in [-0.05, 0) is 38.3 Å². The van der Waals surface area contributed by atoms with Gasteiger partial charge in [0.1, 0.15) is 0 Å². The summed E-state index contributed by atoms with van der Waals surface area (Å²) in [6.45, 7) is 2.13. The van der Waals surface area contributed by atoms with Crippen molar-refractivity contribution in [2.24, 2.45) is 0 Å². The van der Waals surface area contributed by atoms with Gasteiger partial charge in [0.2, 0.25) is 11.6 Å². The normalized spacial score (nSPS) is 33.3. The van der Waals surface area contributed by atoms with Crippen LogP contribution in [0.15, 0.2) is 30.3 Å². The second-order valence-corrected chi connectivity index (χ2v) is 7.31. The fourth-order valence-electron chi connectivity index (χ4n) is 4.02. The Labute approximate surface area is 161 Å². The maximum absolute atomic E-state index is 12.1. The Morgan fingerprint density at radius 2 is 1.74 bits per heavy atom. The Morgan fingerprint density at radius 3 is 2.37 bits per heavy atom. The van der Waals surface area contributed by atoms with Crippen LogP contribution >= 0.6 is 0 Å². The van der Waals surface area contributed by atoms with E-state index in [1.165, 1.54) is 0 Å². The molecule has 27 heavy (non-hydrogen) atoms. The minimum Gasteiger partial charge on any atom is -0.462 e. The summed E-state index contributed by atoms with van der Waals surface area (Å²) in [5.74, 6) is -2.37. The Bertz CT molecular complexity index is 620. The van der Waals surface area contributed by atoms with E-state index in [1.54, 1.807) is 26.4 Å². The molecule has 1 saturated carbocycles. The van der Waals surface area contributed by atoms with Gasteiger partial charge in [-0.2, -0.15) is 0 Å². The number of esters is 1. The van der Waals surface area contributed by atoms with Crippen LogP contribution < -0.4 is 0 Å². The number of methoxy groups -OCH3 is 2. The molecule has 0 N–H and O–H groups in total. The third-order valence-electron chi connectivity index (χ3n) is 5.66. The summed E-state index contributed by atoms with van der Waals surface area (Å²) in [6.07, 6.45) is 5.31. The predicted octanol–water partition coefficient (Wildman–Crippen LogP) is 3.69. The number of carbonyl (C=O) groups is 1. The number of hydrogen-bond donors (Lipinski definition) is 0. The van der Waals surface area contributed by atoms with Crippen molar-refractivity contribution in [2.75, 3.05) is 20.8 Å². The minimum absolute atomic E-state index is 0.00814. The summed E-state index contributed by atoms with van der Waals surface area (Å²) in [5, 5.41) is 0. The predicted molar refractivity (Wildman–Crippen MR) is 99.3 cm³/mol. The average molecular weight is 378 g/mol. The summed E-state index contributed by atoms with van der Waals surface area (Å²) >= 11 is 0. The highest BCUT2D eigenvalue weighted by Gasteiger charge is 2.59. The van der Waals surface area contributed by atoms with Gasteiger partial charge in [0.15, 0.2) is 0 Å². The van der Waals surface area contributed by atoms with Crippen molar-refractivity contribution in [3.05, 3.63) is 35.9 Å². The molecule has 1 aromatic rings. The van der Waals surface area contributed by atoms with Crippen LogP contribution in [0.1, 0.15) is 55.8 Å². The molecule has 0 spiro atoms. The van der Waals surface area contributed by atoms with Crippen molar-refractivity contribution in [1.82, 2.24) is 0 Å². The van der Waals surface area contributed by atoms with E-state index >= 15 is 0 Å². The molecule has 1 saturated heterocycles. The van der Waals surface area contributed by atoms with Crippen molar-refractivity contribution >= 4 is 5.97 Å². The highest BCUT2D eigenvalue weighted by atomic mass is 16.8. The zero-order valence-corrected chi connectivity index (χ0v) is 16.4. The summed E-state index contributed by atoms with van der Waals surface area (Å²) in [4.78, 5) is 12.1. The number of hydrogen-bond acceptors (Lipinski definition) is 6. The standard InChI is InChI=1S/C21H30O6/c1-20(23-2)21(24-3,27-18-13-8-7-12-17(18)26-20)14-9-15-25-19(22)16-10-5-4-6-11-16/h4-6,10-11,17-18H,7-9,12-15H2,1-3H3/t17-,18-,20+,21+/m0/s1. The first-order valence-electron chi connectivity index (χ1n) is 9.72. The van der Waals surface area contributed by atoms with Crippen molar-refractivity contribution in [2.45, 2.75) is 69.2 Å². The van der Waals surface area contributed by atoms with Gasteiger partial charge in [-0.25, -0.2) is 4.79 Å². The molecular formula is C21H30O6. The second kappa shape index (κ2) is 8.69. The smallest absolute Gasteiger partial charge is 0.338 e. The first-order valence-corrected chi connectivity index (χ1v) is 9.72. The lowest BCUT2D eigenvalue weighted by molar-refractivity contribution is -0.458. The number of benzene rings is 1. The van der Waals surface area contributed by atoms with E-state index in [2.05, 4.69) is 0 Å². The Kier molecular flexibility index (Phi) is 6.52. The van der Waals surface area contributed by atoms with E-state index in [0.29, 0.717) is 18.4 Å². The first-order chi connectivity index (χ1) is 13.0. The fraction of sp³-hybridized carbons (Fsp3) is 0.667. The molecule has 1 aromatic carbocycles. The van der Waals surface area contributed by atoms with Gasteiger partial charge >= 0.3 is 5.97 Å². The van der Waals surface area contributed by atoms with Gasteiger partial charge in [-0.15, -0.1) is 0 Å². The van der Waals surface area contributed by atoms with Crippen molar-refractivity contribution in [1.29, 1.82) is 0 Å². The molecule has 6 heteroatoms. The third kappa shape index (κ3) is 4.19. The van der Waals surface area contributed by atoms with Gasteiger partial charge in [0, 0.05) is 20.6 Å². The molecule has 150 valence electrons. The SMILES string of the molecule is CO[C@]1(C)O[C@H]2CCCC[C@@H]2O[C@@]1(CCCOC(=O)c1ccccc1)OC. The molecule has 2 aliphatic rings. The molecule has 0 aromatic heterocycles. The molecule has 2 fully saturated rings. The molecule has 3 rings (SSSR count). The zero-order chi connectivity index (χ0) is 19.3. The summed E-state index contributed by atoms with van der Waals surface area (Å²) < 4.78 is 29.6. The lowest BCUT2D eigenvalue weighted by atomic mass is 9.90. The molecule has 0 bridgehead atoms. The summed E-state index contributed by atoms with van der Waals surface area (Å²) in [5.41, 5.74) is 0.544. The van der Waals surface area contributed by atoms with Crippen LogP contribution in [0, 0.1) is 0 Å². The molecule has 1 heterocycles. The largest absolute Gasteiger partial charge is 0.462 e. The maximum atomic E-state index is 12.1. The zero-order valence-electron chi connectivity index (χ0n) is 16.4. The summed E-state index contributed by atoms with van der Waals surface area (Å²) in [7, 11) is 3.22. The van der Waals surface area contributed by atoms with Crippen molar-refractivity contribution in [3.8, 4) is 0 Å². The summed E-state index contributed by atoms with van der Waals surface area (Å²) in [6, 6.07) is 8.97. The highest BCUT2D eigenvalue weighted by molar-refractivity contribution is 5.89. The quantitative estimate of drug-likeness (QED) is 0.533. The van der Waals surface area contributed by atoms with Crippen LogP contribution in [0.5, 0.6) is 0 Å². The molecule has 1 aliphatic heterocycles. The monoisotopic (exact) mass is 378 g/mol. The lowest BCUT2D eigenvalue weighted by Crippen LogP contribution is -2.67. The highest BCUT2D eigenvalue weighted by Crippen LogP contribution is 2.45. The fourth-order valence-corrected chi connectivity index (χ4v) is 4.02. The third-order valence-corrected chi connectivity index (χ3v) is 5.66. The van der Waals surface area contributed by atoms with Gasteiger partial charge in [0.25, 0.3) is 0 Å². The first kappa shape index (κ1) is 20.3. The van der Waals surface area contributed by atoms with Crippen LogP contribution in [0.2, 0.25) is 0 Å². The van der Waals surface area contributed by atoms with Crippen LogP contribution in [-0.2, 0) is 23.7 Å². The maximum Gasteiger partial charge on any atom is 0.338 e. The Hall–Kier alpha value is -1.47. The molecule has 0 unspecified atom stereocenters. The van der Waals surface area contributed by atoms with E-state index in [0.717, 1.165) is 25.7 Å². The molecular weight excluding hydrogens is 348 g/mol. The van der Waals surface area contributed by atoms with Crippen LogP contribution in [-0.4, -0.2) is 50.6 Å². The van der Waals surface area contributed by atoms with Gasteiger partial charge < -0.3 is 23.7 Å². The van der Waals surface area contributed by atoms with E-state index in [1.807, 2.05) is 25.1 Å². The van der Waals surface area contributed by atoms with E-state index in [4.69, 9.17) is 23.7 Å². The molecule has 4 atom stereocenters. The number of fused-ring (bicyclic) bond motifs is 1. The number of carbonyl (C=O) groups excluding carboxylic acids is 1. The van der Waals surface area contributed by atoms with Crippen LogP contribution in [0.4, 0.5) is 0 Å². The van der Waals surface area contributed by atoms with E-state index in [-0.39, 0.29) is 24.8 Å². The van der Waals surface area contributed by atoms with Gasteiger partial charge in [-0.1, -0.05) is 31.0 Å². The second-order valence-electron chi connectivity index (χ2n) is 7.31. The van der Waals surface area contributed by atoms with E-state index in [9.17, 15) is 4.79 Å².